The zero-order chi connectivity index (χ0) is 49.0. The van der Waals surface area contributed by atoms with Gasteiger partial charge in [-0.25, -0.2) is 4.79 Å². The Morgan fingerprint density at radius 2 is 1.55 bits per heavy atom. The third-order valence-corrected chi connectivity index (χ3v) is 14.8. The van der Waals surface area contributed by atoms with Gasteiger partial charge in [-0.1, -0.05) is 65.8 Å². The Kier molecular flexibility index (Phi) is 21.1. The Morgan fingerprint density at radius 3 is 2.21 bits per heavy atom. The van der Waals surface area contributed by atoms with Crippen molar-refractivity contribution in [2.45, 2.75) is 180 Å². The molecule has 15 nitrogen and oxygen atoms in total. The molecule has 1 unspecified atom stereocenters. The second-order valence-electron chi connectivity index (χ2n) is 19.9. The van der Waals surface area contributed by atoms with Crippen LogP contribution >= 0.6 is 0 Å². The maximum Gasteiger partial charge on any atom is 0.329 e. The van der Waals surface area contributed by atoms with Gasteiger partial charge < -0.3 is 43.9 Å². The summed E-state index contributed by atoms with van der Waals surface area (Å²) < 4.78 is 29.2. The number of ketones is 4. The fourth-order valence-electron chi connectivity index (χ4n) is 10.3. The molecule has 0 spiro atoms. The zero-order valence-electron chi connectivity index (χ0n) is 41.0. The minimum Gasteiger partial charge on any atom is -0.460 e. The summed E-state index contributed by atoms with van der Waals surface area (Å²) in [5.74, 6) is -9.34. The molecule has 2 bridgehead atoms. The summed E-state index contributed by atoms with van der Waals surface area (Å²) in [4.78, 5) is 85.1. The highest BCUT2D eigenvalue weighted by molar-refractivity contribution is 6.39. The number of hydrogen-bond donors (Lipinski definition) is 3. The molecule has 0 radical (unpaired) electrons. The van der Waals surface area contributed by atoms with E-state index in [4.69, 9.17) is 23.7 Å². The monoisotopic (exact) mass is 930 g/mol. The minimum absolute atomic E-state index is 0.0559. The summed E-state index contributed by atoms with van der Waals surface area (Å²) in [6.07, 6.45) is 7.26. The number of aliphatic hydroxyl groups excluding tert-OH is 2. The van der Waals surface area contributed by atoms with Crippen LogP contribution in [0.15, 0.2) is 36.0 Å². The van der Waals surface area contributed by atoms with Crippen molar-refractivity contribution in [1.82, 2.24) is 4.90 Å². The molecule has 0 aromatic heterocycles. The lowest BCUT2D eigenvalue weighted by molar-refractivity contribution is -0.266. The molecule has 1 amide bonds. The Labute approximate surface area is 392 Å². The predicted octanol–water partition coefficient (Wildman–Crippen LogP) is 5.44. The molecule has 4 rings (SSSR count). The van der Waals surface area contributed by atoms with Gasteiger partial charge in [-0.3, -0.25) is 24.0 Å². The average molecular weight is 930 g/mol. The smallest absolute Gasteiger partial charge is 0.329 e. The van der Waals surface area contributed by atoms with Crippen LogP contribution in [0.4, 0.5) is 0 Å². The van der Waals surface area contributed by atoms with Crippen LogP contribution in [-0.2, 0) is 52.5 Å². The van der Waals surface area contributed by atoms with Crippen LogP contribution in [-0.4, -0.2) is 138 Å². The molecule has 3 fully saturated rings. The maximum absolute atomic E-state index is 14.4. The number of methoxy groups -OCH3 is 3. The normalized spacial score (nSPS) is 40.4. The summed E-state index contributed by atoms with van der Waals surface area (Å²) in [7, 11) is 4.38. The van der Waals surface area contributed by atoms with Crippen molar-refractivity contribution in [3.05, 3.63) is 36.0 Å². The Balaban J connectivity index is 1.70. The number of rotatable bonds is 6. The van der Waals surface area contributed by atoms with Gasteiger partial charge in [-0.15, -0.1) is 0 Å². The molecule has 3 N–H and O–H groups in total. The van der Waals surface area contributed by atoms with Crippen LogP contribution in [0.5, 0.6) is 0 Å². The van der Waals surface area contributed by atoms with E-state index in [1.807, 2.05) is 19.9 Å². The van der Waals surface area contributed by atoms with E-state index in [1.165, 1.54) is 20.3 Å². The standard InChI is InChI=1S/C51H79NO14/c1-29-15-11-12-17-39(53)35(7)43(62-8)27-37-20-18-34(6)51(61,66-37)48(58)49(59)52-22-14-13-16-38(52)50(60)65-42(31(3)25-36-19-21-40(54)44(26-36)63-9)28-41(55)30(2)24-33(5)46(57)47(64-10)45(56)32(4)23-29/h11-12,15,17,24,29-32,34-38,40,42-44,46-47,54,57,61H,13-14,16,18-23,25-28H2,1-10H3/b15-11+,17-12+,33-24+/t29-,30-,31-,32-,34-,35?,36-,37+,38+,40-,42+,43+,44-,46-,47+,51-/m1/s1. The molecule has 0 aromatic carbocycles. The molecule has 2 saturated heterocycles. The lowest BCUT2D eigenvalue weighted by Gasteiger charge is -2.43. The third-order valence-electron chi connectivity index (χ3n) is 14.8. The topological polar surface area (TPSA) is 212 Å². The van der Waals surface area contributed by atoms with Gasteiger partial charge in [0.15, 0.2) is 11.6 Å². The van der Waals surface area contributed by atoms with E-state index in [1.54, 1.807) is 60.0 Å². The number of esters is 1. The number of aliphatic hydroxyl groups is 3. The number of carbonyl (C=O) groups excluding carboxylic acids is 6. The number of ether oxygens (including phenoxy) is 5. The molecule has 0 aromatic rings. The van der Waals surface area contributed by atoms with Crippen LogP contribution in [0.2, 0.25) is 0 Å². The number of fused-ring (bicyclic) bond motifs is 3. The first-order valence-corrected chi connectivity index (χ1v) is 24.2. The van der Waals surface area contributed by atoms with Gasteiger partial charge >= 0.3 is 5.97 Å². The van der Waals surface area contributed by atoms with Crippen LogP contribution in [0.1, 0.15) is 126 Å². The highest BCUT2D eigenvalue weighted by atomic mass is 16.6. The van der Waals surface area contributed by atoms with Crippen molar-refractivity contribution in [1.29, 1.82) is 0 Å². The quantitative estimate of drug-likeness (QED) is 0.172. The number of carbonyl (C=O) groups is 6. The summed E-state index contributed by atoms with van der Waals surface area (Å²) in [6.45, 7) is 12.3. The van der Waals surface area contributed by atoms with Gasteiger partial charge in [0.2, 0.25) is 5.79 Å². The van der Waals surface area contributed by atoms with Crippen LogP contribution in [0.25, 0.3) is 0 Å². The van der Waals surface area contributed by atoms with Crippen LogP contribution < -0.4 is 0 Å². The van der Waals surface area contributed by atoms with E-state index in [0.29, 0.717) is 63.4 Å². The Morgan fingerprint density at radius 1 is 0.848 bits per heavy atom. The number of Topliss-reactive ketones (excluding diaryl/α,β-unsaturated/α-hetero) is 3. The third kappa shape index (κ3) is 14.1. The minimum atomic E-state index is -2.50. The first-order valence-electron chi connectivity index (χ1n) is 24.2. The van der Waals surface area contributed by atoms with Gasteiger partial charge in [-0.2, -0.15) is 0 Å². The lowest BCUT2D eigenvalue weighted by Crippen LogP contribution is -2.61. The highest BCUT2D eigenvalue weighted by Gasteiger charge is 2.53. The molecule has 3 heterocycles. The van der Waals surface area contributed by atoms with Gasteiger partial charge in [0.1, 0.15) is 30.1 Å². The zero-order valence-corrected chi connectivity index (χ0v) is 41.0. The highest BCUT2D eigenvalue weighted by Crippen LogP contribution is 2.38. The molecule has 1 aliphatic carbocycles. The average Bonchev–Trinajstić information content (AvgIpc) is 3.29. The molecule has 372 valence electrons. The second kappa shape index (κ2) is 25.2. The number of allylic oxidation sites excluding steroid dienone is 5. The van der Waals surface area contributed by atoms with Crippen molar-refractivity contribution in [3.63, 3.8) is 0 Å². The van der Waals surface area contributed by atoms with Crippen molar-refractivity contribution in [3.8, 4) is 0 Å². The van der Waals surface area contributed by atoms with Gasteiger partial charge in [0.25, 0.3) is 11.7 Å². The predicted molar refractivity (Wildman–Crippen MR) is 246 cm³/mol. The van der Waals surface area contributed by atoms with Gasteiger partial charge in [0, 0.05) is 64.4 Å². The molecular weight excluding hydrogens is 851 g/mol. The van der Waals surface area contributed by atoms with Crippen molar-refractivity contribution in [2.24, 2.45) is 41.4 Å². The lowest BCUT2D eigenvalue weighted by atomic mass is 9.78. The van der Waals surface area contributed by atoms with E-state index in [0.717, 1.165) is 4.90 Å². The Hall–Kier alpha value is -3.44. The Bertz CT molecular complexity index is 1780. The van der Waals surface area contributed by atoms with Crippen molar-refractivity contribution >= 4 is 35.0 Å². The summed E-state index contributed by atoms with van der Waals surface area (Å²) in [6, 6.07) is -1.17. The van der Waals surface area contributed by atoms with E-state index in [9.17, 15) is 44.1 Å². The SMILES string of the molecule is CO[C@H]1C[C@@H]2CC[C@@H](C)[C@@](O)(O2)C(=O)C(=O)N2CCCC[C@H]2C(=O)O[C@H]([C@H](C)C[C@H]2CC[C@@H](O)[C@H](OC)C2)CC(=O)[C@H](C)/C=C(\C)[C@@H](O)[C@@H](OC)C(=O)[C@H](C)C[C@H](C)/C=C/C=C/C(=O)C1C. The maximum atomic E-state index is 14.4. The first-order chi connectivity index (χ1) is 31.2. The number of cyclic esters (lactones) is 1. The van der Waals surface area contributed by atoms with Crippen LogP contribution in [0, 0.1) is 41.4 Å². The van der Waals surface area contributed by atoms with E-state index >= 15 is 0 Å². The van der Waals surface area contributed by atoms with E-state index in [2.05, 4.69) is 0 Å². The molecule has 3 aliphatic heterocycles. The molecule has 15 heteroatoms. The largest absolute Gasteiger partial charge is 0.460 e. The molecule has 16 atom stereocenters. The van der Waals surface area contributed by atoms with Crippen molar-refractivity contribution in [2.75, 3.05) is 27.9 Å². The summed E-state index contributed by atoms with van der Waals surface area (Å²) >= 11 is 0. The van der Waals surface area contributed by atoms with Gasteiger partial charge in [-0.05, 0) is 101 Å². The summed E-state index contributed by atoms with van der Waals surface area (Å²) in [5, 5.41) is 33.8. The summed E-state index contributed by atoms with van der Waals surface area (Å²) in [5.41, 5.74) is 0.359. The first kappa shape index (κ1) is 55.2. The van der Waals surface area contributed by atoms with Crippen LogP contribution in [0.3, 0.4) is 0 Å². The number of hydrogen-bond acceptors (Lipinski definition) is 14. The number of nitrogens with zero attached hydrogens (tertiary/aromatic N) is 1. The van der Waals surface area contributed by atoms with E-state index in [-0.39, 0.29) is 67.0 Å². The molecule has 4 aliphatic rings. The molecule has 1 saturated carbocycles. The molecule has 66 heavy (non-hydrogen) atoms. The fraction of sp³-hybridized carbons (Fsp3) is 0.765. The van der Waals surface area contributed by atoms with E-state index < -0.39 is 89.8 Å². The fourth-order valence-corrected chi connectivity index (χ4v) is 10.3. The number of amides is 1. The van der Waals surface area contributed by atoms with Crippen molar-refractivity contribution < 1.29 is 67.8 Å². The van der Waals surface area contributed by atoms with Gasteiger partial charge in [0.05, 0.1) is 24.4 Å². The number of piperidine rings is 1. The second-order valence-corrected chi connectivity index (χ2v) is 19.9. The molecular formula is C51H79NO14.